The highest BCUT2D eigenvalue weighted by atomic mass is 16.5. The van der Waals surface area contributed by atoms with Crippen molar-refractivity contribution in [1.82, 2.24) is 10.2 Å². The van der Waals surface area contributed by atoms with Gasteiger partial charge in [-0.2, -0.15) is 0 Å². The topological polar surface area (TPSA) is 58.6 Å². The van der Waals surface area contributed by atoms with E-state index in [-0.39, 0.29) is 11.6 Å². The van der Waals surface area contributed by atoms with Crippen LogP contribution in [0.4, 0.5) is 4.79 Å². The summed E-state index contributed by atoms with van der Waals surface area (Å²) < 4.78 is 5.11. The SMILES string of the molecule is COc1ccc(/C=C2/NC(=O)N(C)C2=O)c(C)c1. The predicted molar refractivity (Wildman–Crippen MR) is 67.0 cm³/mol. The number of urea groups is 1. The standard InChI is InChI=1S/C13H14N2O3/c1-8-6-10(18-3)5-4-9(8)7-11-12(16)15(2)13(17)14-11/h4-7H,1-3H3,(H,14,17)/b11-7+. The number of rotatable bonds is 2. The van der Waals surface area contributed by atoms with Crippen LogP contribution in [-0.4, -0.2) is 31.0 Å². The molecule has 1 aromatic carbocycles. The molecule has 0 saturated carbocycles. The Bertz CT molecular complexity index is 549. The molecule has 2 rings (SSSR count). The minimum atomic E-state index is -0.405. The first kappa shape index (κ1) is 12.2. The van der Waals surface area contributed by atoms with E-state index >= 15 is 0 Å². The molecule has 1 aliphatic rings. The van der Waals surface area contributed by atoms with E-state index < -0.39 is 6.03 Å². The van der Waals surface area contributed by atoms with E-state index in [1.54, 1.807) is 13.2 Å². The second-order valence-electron chi connectivity index (χ2n) is 4.07. The summed E-state index contributed by atoms with van der Waals surface area (Å²) in [5.41, 5.74) is 2.13. The molecule has 0 aromatic heterocycles. The van der Waals surface area contributed by atoms with E-state index in [1.807, 2.05) is 25.1 Å². The summed E-state index contributed by atoms with van der Waals surface area (Å²) >= 11 is 0. The third kappa shape index (κ3) is 2.07. The van der Waals surface area contributed by atoms with Crippen molar-refractivity contribution >= 4 is 18.0 Å². The summed E-state index contributed by atoms with van der Waals surface area (Å²) in [6.07, 6.45) is 1.67. The second kappa shape index (κ2) is 4.52. The molecule has 18 heavy (non-hydrogen) atoms. The molecule has 0 unspecified atom stereocenters. The zero-order valence-corrected chi connectivity index (χ0v) is 10.5. The highest BCUT2D eigenvalue weighted by Gasteiger charge is 2.29. The van der Waals surface area contributed by atoms with Crippen molar-refractivity contribution in [1.29, 1.82) is 0 Å². The molecule has 1 saturated heterocycles. The Morgan fingerprint density at radius 1 is 1.33 bits per heavy atom. The van der Waals surface area contributed by atoms with Gasteiger partial charge in [-0.05, 0) is 36.3 Å². The minimum Gasteiger partial charge on any atom is -0.497 e. The summed E-state index contributed by atoms with van der Waals surface area (Å²) in [7, 11) is 3.04. The Labute approximate surface area is 105 Å². The molecule has 0 spiro atoms. The number of ether oxygens (including phenoxy) is 1. The molecule has 0 bridgehead atoms. The van der Waals surface area contributed by atoms with E-state index in [4.69, 9.17) is 4.74 Å². The minimum absolute atomic E-state index is 0.288. The number of aryl methyl sites for hydroxylation is 1. The van der Waals surface area contributed by atoms with Crippen molar-refractivity contribution in [2.24, 2.45) is 0 Å². The predicted octanol–water partition coefficient (Wildman–Crippen LogP) is 1.53. The lowest BCUT2D eigenvalue weighted by molar-refractivity contribution is -0.121. The molecule has 1 aliphatic heterocycles. The summed E-state index contributed by atoms with van der Waals surface area (Å²) in [6, 6.07) is 5.12. The first-order valence-corrected chi connectivity index (χ1v) is 5.48. The van der Waals surface area contributed by atoms with E-state index in [0.29, 0.717) is 0 Å². The van der Waals surface area contributed by atoms with Crippen molar-refractivity contribution in [2.75, 3.05) is 14.2 Å². The van der Waals surface area contributed by atoms with Crippen LogP contribution in [0.1, 0.15) is 11.1 Å². The van der Waals surface area contributed by atoms with Crippen LogP contribution >= 0.6 is 0 Å². The quantitative estimate of drug-likeness (QED) is 0.636. The summed E-state index contributed by atoms with van der Waals surface area (Å²) in [5, 5.41) is 2.53. The van der Waals surface area contributed by atoms with Crippen molar-refractivity contribution in [3.8, 4) is 5.75 Å². The average Bonchev–Trinajstić information content (AvgIpc) is 2.59. The fraction of sp³-hybridized carbons (Fsp3) is 0.231. The molecule has 0 aliphatic carbocycles. The smallest absolute Gasteiger partial charge is 0.328 e. The van der Waals surface area contributed by atoms with E-state index in [9.17, 15) is 9.59 Å². The fourth-order valence-corrected chi connectivity index (χ4v) is 1.72. The monoisotopic (exact) mass is 246 g/mol. The van der Waals surface area contributed by atoms with Crippen LogP contribution in [0.2, 0.25) is 0 Å². The summed E-state index contributed by atoms with van der Waals surface area (Å²) in [5.74, 6) is 0.434. The molecule has 3 amide bonds. The van der Waals surface area contributed by atoms with Gasteiger partial charge < -0.3 is 10.1 Å². The normalized spacial score (nSPS) is 17.3. The van der Waals surface area contributed by atoms with Gasteiger partial charge in [0.15, 0.2) is 0 Å². The Kier molecular flexibility index (Phi) is 3.06. The fourth-order valence-electron chi connectivity index (χ4n) is 1.72. The summed E-state index contributed by atoms with van der Waals surface area (Å²) in [4.78, 5) is 24.1. The number of benzene rings is 1. The first-order chi connectivity index (χ1) is 8.52. The Morgan fingerprint density at radius 3 is 2.56 bits per heavy atom. The molecular formula is C13H14N2O3. The maximum absolute atomic E-state index is 11.7. The Balaban J connectivity index is 2.34. The van der Waals surface area contributed by atoms with Gasteiger partial charge in [0, 0.05) is 7.05 Å². The highest BCUT2D eigenvalue weighted by Crippen LogP contribution is 2.20. The number of likely N-dealkylation sites (N-methyl/N-ethyl adjacent to an activating group) is 1. The molecule has 94 valence electrons. The molecule has 1 aromatic rings. The third-order valence-electron chi connectivity index (χ3n) is 2.86. The zero-order chi connectivity index (χ0) is 13.3. The molecule has 0 radical (unpaired) electrons. The lowest BCUT2D eigenvalue weighted by Crippen LogP contribution is -2.25. The van der Waals surface area contributed by atoms with Crippen LogP contribution in [-0.2, 0) is 4.79 Å². The van der Waals surface area contributed by atoms with Crippen LogP contribution in [0.15, 0.2) is 23.9 Å². The summed E-state index contributed by atoms with van der Waals surface area (Å²) in [6.45, 7) is 1.92. The maximum atomic E-state index is 11.7. The largest absolute Gasteiger partial charge is 0.497 e. The van der Waals surface area contributed by atoms with Gasteiger partial charge in [-0.25, -0.2) is 4.79 Å². The molecular weight excluding hydrogens is 232 g/mol. The van der Waals surface area contributed by atoms with Gasteiger partial charge >= 0.3 is 6.03 Å². The van der Waals surface area contributed by atoms with E-state index in [2.05, 4.69) is 5.32 Å². The third-order valence-corrected chi connectivity index (χ3v) is 2.86. The van der Waals surface area contributed by atoms with Gasteiger partial charge in [0.1, 0.15) is 11.4 Å². The van der Waals surface area contributed by atoms with Gasteiger partial charge in [0.2, 0.25) is 0 Å². The number of amides is 3. The van der Waals surface area contributed by atoms with Crippen LogP contribution in [0.3, 0.4) is 0 Å². The Hall–Kier alpha value is -2.30. The number of hydrogen-bond donors (Lipinski definition) is 1. The number of hydrogen-bond acceptors (Lipinski definition) is 3. The average molecular weight is 246 g/mol. The lowest BCUT2D eigenvalue weighted by Gasteiger charge is -2.05. The maximum Gasteiger partial charge on any atom is 0.328 e. The molecule has 0 atom stereocenters. The zero-order valence-electron chi connectivity index (χ0n) is 10.5. The number of imide groups is 1. The van der Waals surface area contributed by atoms with Gasteiger partial charge in [0.25, 0.3) is 5.91 Å². The Morgan fingerprint density at radius 2 is 2.06 bits per heavy atom. The molecule has 5 nitrogen and oxygen atoms in total. The van der Waals surface area contributed by atoms with E-state index in [0.717, 1.165) is 21.8 Å². The number of methoxy groups -OCH3 is 1. The molecule has 1 N–H and O–H groups in total. The van der Waals surface area contributed by atoms with Gasteiger partial charge in [-0.15, -0.1) is 0 Å². The highest BCUT2D eigenvalue weighted by molar-refractivity contribution is 6.13. The van der Waals surface area contributed by atoms with Gasteiger partial charge in [-0.3, -0.25) is 9.69 Å². The van der Waals surface area contributed by atoms with Crippen molar-refractivity contribution in [3.63, 3.8) is 0 Å². The van der Waals surface area contributed by atoms with Crippen LogP contribution in [0, 0.1) is 6.92 Å². The number of carbonyl (C=O) groups excluding carboxylic acids is 2. The van der Waals surface area contributed by atoms with E-state index in [1.165, 1.54) is 7.05 Å². The van der Waals surface area contributed by atoms with Crippen LogP contribution < -0.4 is 10.1 Å². The van der Waals surface area contributed by atoms with Crippen molar-refractivity contribution in [3.05, 3.63) is 35.0 Å². The molecule has 1 heterocycles. The lowest BCUT2D eigenvalue weighted by atomic mass is 10.1. The second-order valence-corrected chi connectivity index (χ2v) is 4.07. The van der Waals surface area contributed by atoms with Crippen molar-refractivity contribution in [2.45, 2.75) is 6.92 Å². The first-order valence-electron chi connectivity index (χ1n) is 5.48. The molecule has 5 heteroatoms. The van der Waals surface area contributed by atoms with Gasteiger partial charge in [-0.1, -0.05) is 6.07 Å². The molecule has 1 fully saturated rings. The number of nitrogens with one attached hydrogen (secondary N) is 1. The van der Waals surface area contributed by atoms with Crippen molar-refractivity contribution < 1.29 is 14.3 Å². The van der Waals surface area contributed by atoms with Crippen LogP contribution in [0.25, 0.3) is 6.08 Å². The number of nitrogens with zero attached hydrogens (tertiary/aromatic N) is 1. The van der Waals surface area contributed by atoms with Crippen LogP contribution in [0.5, 0.6) is 5.75 Å². The number of carbonyl (C=O) groups is 2. The van der Waals surface area contributed by atoms with Gasteiger partial charge in [0.05, 0.1) is 7.11 Å².